The molecule has 2 amide bonds. The molecule has 2 unspecified atom stereocenters. The molecule has 102 valence electrons. The summed E-state index contributed by atoms with van der Waals surface area (Å²) < 4.78 is 0. The van der Waals surface area contributed by atoms with E-state index in [1.54, 1.807) is 0 Å². The average Bonchev–Trinajstić information content (AvgIpc) is 3.00. The lowest BCUT2D eigenvalue weighted by molar-refractivity contribution is -0.140. The number of carbonyl (C=O) groups excluding carboxylic acids is 1. The van der Waals surface area contributed by atoms with Gasteiger partial charge >= 0.3 is 12.0 Å². The van der Waals surface area contributed by atoms with Crippen molar-refractivity contribution in [1.29, 1.82) is 0 Å². The molecule has 0 bridgehead atoms. The maximum absolute atomic E-state index is 12.1. The number of carboxylic acids is 1. The Balaban J connectivity index is 1.87. The highest BCUT2D eigenvalue weighted by Gasteiger charge is 2.35. The van der Waals surface area contributed by atoms with Crippen molar-refractivity contribution in [2.75, 3.05) is 11.6 Å². The quantitative estimate of drug-likeness (QED) is 0.799. The van der Waals surface area contributed by atoms with Gasteiger partial charge in [0.15, 0.2) is 0 Å². The number of thioether (sulfide) groups is 1. The third kappa shape index (κ3) is 3.31. The van der Waals surface area contributed by atoms with Gasteiger partial charge in [0.1, 0.15) is 6.04 Å². The van der Waals surface area contributed by atoms with Crippen molar-refractivity contribution in [1.82, 2.24) is 10.2 Å². The molecule has 5 nitrogen and oxygen atoms in total. The Bertz CT molecular complexity index is 333. The molecular formula is C12H20N2O3S. The van der Waals surface area contributed by atoms with Crippen LogP contribution in [-0.2, 0) is 4.79 Å². The highest BCUT2D eigenvalue weighted by atomic mass is 32.2. The third-order valence-electron chi connectivity index (χ3n) is 3.56. The second-order valence-corrected chi connectivity index (χ2v) is 6.06. The number of nitrogens with one attached hydrogen (secondary N) is 1. The summed E-state index contributed by atoms with van der Waals surface area (Å²) in [7, 11) is 0. The van der Waals surface area contributed by atoms with E-state index < -0.39 is 12.0 Å². The molecule has 1 heterocycles. The van der Waals surface area contributed by atoms with Gasteiger partial charge in [-0.2, -0.15) is 0 Å². The summed E-state index contributed by atoms with van der Waals surface area (Å²) in [6.45, 7) is 2.06. The van der Waals surface area contributed by atoms with Crippen LogP contribution in [0.25, 0.3) is 0 Å². The summed E-state index contributed by atoms with van der Waals surface area (Å²) in [5, 5.41) is 12.0. The summed E-state index contributed by atoms with van der Waals surface area (Å²) in [5.74, 6) is 0.814. The molecule has 0 radical (unpaired) electrons. The molecule has 1 saturated heterocycles. The van der Waals surface area contributed by atoms with Gasteiger partial charge in [-0.05, 0) is 18.8 Å². The second-order valence-electron chi connectivity index (χ2n) is 5.06. The molecule has 0 spiro atoms. The zero-order valence-electron chi connectivity index (χ0n) is 10.6. The molecule has 0 aromatic heterocycles. The lowest BCUT2D eigenvalue weighted by atomic mass is 10.1. The molecule has 1 aliphatic carbocycles. The average molecular weight is 272 g/mol. The summed E-state index contributed by atoms with van der Waals surface area (Å²) >= 11 is 1.49. The monoisotopic (exact) mass is 272 g/mol. The molecule has 0 aromatic carbocycles. The number of aliphatic carboxylic acids is 1. The first-order chi connectivity index (χ1) is 8.61. The predicted molar refractivity (Wildman–Crippen MR) is 70.5 cm³/mol. The molecule has 2 N–H and O–H groups in total. The van der Waals surface area contributed by atoms with Crippen LogP contribution in [0, 0.1) is 5.92 Å². The minimum Gasteiger partial charge on any atom is -0.480 e. The Morgan fingerprint density at radius 2 is 2.22 bits per heavy atom. The molecule has 18 heavy (non-hydrogen) atoms. The van der Waals surface area contributed by atoms with Crippen LogP contribution in [-0.4, -0.2) is 45.7 Å². The Hall–Kier alpha value is -0.910. The number of urea groups is 1. The maximum Gasteiger partial charge on any atom is 0.327 e. The van der Waals surface area contributed by atoms with Crippen molar-refractivity contribution in [2.45, 2.75) is 44.7 Å². The van der Waals surface area contributed by atoms with Gasteiger partial charge < -0.3 is 15.3 Å². The number of carboxylic acid groups (broad SMARTS) is 1. The van der Waals surface area contributed by atoms with Crippen LogP contribution in [0.15, 0.2) is 0 Å². The van der Waals surface area contributed by atoms with E-state index in [1.807, 2.05) is 0 Å². The van der Waals surface area contributed by atoms with Crippen molar-refractivity contribution in [3.63, 3.8) is 0 Å². The number of rotatable bonds is 5. The van der Waals surface area contributed by atoms with Crippen LogP contribution >= 0.6 is 11.8 Å². The Labute approximate surface area is 111 Å². The molecule has 2 fully saturated rings. The number of carbonyl (C=O) groups is 2. The zero-order chi connectivity index (χ0) is 13.1. The van der Waals surface area contributed by atoms with E-state index in [-0.39, 0.29) is 12.1 Å². The van der Waals surface area contributed by atoms with Gasteiger partial charge in [0, 0.05) is 11.8 Å². The van der Waals surface area contributed by atoms with E-state index in [0.29, 0.717) is 11.6 Å². The fraction of sp³-hybridized carbons (Fsp3) is 0.833. The molecular weight excluding hydrogens is 252 g/mol. The van der Waals surface area contributed by atoms with Crippen LogP contribution in [0.2, 0.25) is 0 Å². The van der Waals surface area contributed by atoms with Gasteiger partial charge in [0.25, 0.3) is 0 Å². The number of hydrogen-bond donors (Lipinski definition) is 2. The van der Waals surface area contributed by atoms with E-state index >= 15 is 0 Å². The first kappa shape index (κ1) is 13.5. The highest BCUT2D eigenvalue weighted by Crippen LogP contribution is 2.34. The van der Waals surface area contributed by atoms with E-state index in [9.17, 15) is 9.59 Å². The minimum absolute atomic E-state index is 0.185. The van der Waals surface area contributed by atoms with Gasteiger partial charge in [0.2, 0.25) is 0 Å². The minimum atomic E-state index is -0.912. The van der Waals surface area contributed by atoms with Gasteiger partial charge in [-0.15, -0.1) is 11.8 Å². The first-order valence-corrected chi connectivity index (χ1v) is 7.65. The van der Waals surface area contributed by atoms with Crippen LogP contribution < -0.4 is 5.32 Å². The number of hydrogen-bond acceptors (Lipinski definition) is 3. The zero-order valence-corrected chi connectivity index (χ0v) is 11.4. The number of nitrogens with zero attached hydrogens (tertiary/aromatic N) is 1. The van der Waals surface area contributed by atoms with Gasteiger partial charge in [-0.3, -0.25) is 0 Å². The summed E-state index contributed by atoms with van der Waals surface area (Å²) in [6, 6.07) is -0.710. The number of amides is 2. The van der Waals surface area contributed by atoms with Crippen molar-refractivity contribution >= 4 is 23.8 Å². The van der Waals surface area contributed by atoms with Crippen LogP contribution in [0.4, 0.5) is 4.79 Å². The maximum atomic E-state index is 12.1. The van der Waals surface area contributed by atoms with Crippen molar-refractivity contribution in [3.8, 4) is 0 Å². The van der Waals surface area contributed by atoms with Crippen molar-refractivity contribution in [3.05, 3.63) is 0 Å². The standard InChI is InChI=1S/C12H20N2O3S/c1-2-9(5-8-3-4-8)13-12(17)14-7-18-6-10(14)11(15)16/h8-10H,2-7H2,1H3,(H,13,17)(H,15,16). The normalized spacial score (nSPS) is 24.9. The van der Waals surface area contributed by atoms with Crippen LogP contribution in [0.3, 0.4) is 0 Å². The lowest BCUT2D eigenvalue weighted by Gasteiger charge is -2.24. The predicted octanol–water partition coefficient (Wildman–Crippen LogP) is 1.73. The largest absolute Gasteiger partial charge is 0.480 e. The molecule has 1 saturated carbocycles. The van der Waals surface area contributed by atoms with Gasteiger partial charge in [0.05, 0.1) is 5.88 Å². The lowest BCUT2D eigenvalue weighted by Crippen LogP contribution is -2.49. The van der Waals surface area contributed by atoms with Gasteiger partial charge in [-0.1, -0.05) is 19.8 Å². The van der Waals surface area contributed by atoms with E-state index in [0.717, 1.165) is 18.8 Å². The smallest absolute Gasteiger partial charge is 0.327 e. The van der Waals surface area contributed by atoms with Crippen molar-refractivity contribution in [2.24, 2.45) is 5.92 Å². The fourth-order valence-electron chi connectivity index (χ4n) is 2.19. The highest BCUT2D eigenvalue weighted by molar-refractivity contribution is 7.99. The Morgan fingerprint density at radius 3 is 2.78 bits per heavy atom. The molecule has 0 aromatic rings. The Kier molecular flexibility index (Phi) is 4.37. The summed E-state index contributed by atoms with van der Waals surface area (Å²) in [5.41, 5.74) is 0. The van der Waals surface area contributed by atoms with Crippen LogP contribution in [0.5, 0.6) is 0 Å². The van der Waals surface area contributed by atoms with E-state index in [1.165, 1.54) is 29.5 Å². The Morgan fingerprint density at radius 1 is 1.50 bits per heavy atom. The van der Waals surface area contributed by atoms with Crippen molar-refractivity contribution < 1.29 is 14.7 Å². The fourth-order valence-corrected chi connectivity index (χ4v) is 3.33. The molecule has 2 atom stereocenters. The molecule has 6 heteroatoms. The summed E-state index contributed by atoms with van der Waals surface area (Å²) in [4.78, 5) is 24.5. The van der Waals surface area contributed by atoms with Gasteiger partial charge in [-0.25, -0.2) is 9.59 Å². The SMILES string of the molecule is CCC(CC1CC1)NC(=O)N1CSCC1C(=O)O. The first-order valence-electron chi connectivity index (χ1n) is 6.49. The third-order valence-corrected chi connectivity index (χ3v) is 4.58. The molecule has 2 rings (SSSR count). The van der Waals surface area contributed by atoms with E-state index in [4.69, 9.17) is 5.11 Å². The summed E-state index contributed by atoms with van der Waals surface area (Å²) in [6.07, 6.45) is 4.47. The topological polar surface area (TPSA) is 69.6 Å². The molecule has 1 aliphatic heterocycles. The molecule has 2 aliphatic rings. The second kappa shape index (κ2) is 5.82. The van der Waals surface area contributed by atoms with E-state index in [2.05, 4.69) is 12.2 Å². The van der Waals surface area contributed by atoms with Crippen LogP contribution in [0.1, 0.15) is 32.6 Å².